The first kappa shape index (κ1) is 13.8. The van der Waals surface area contributed by atoms with E-state index in [0.29, 0.717) is 11.3 Å². The molecule has 0 heterocycles. The minimum absolute atomic E-state index is 0.0149. The SMILES string of the molecule is CCCC(C)(N)C(=O)NC1CCC(SC)C1. The molecular formula is C12H24N2OS. The number of hydrogen-bond acceptors (Lipinski definition) is 3. The van der Waals surface area contributed by atoms with Gasteiger partial charge in [-0.3, -0.25) is 4.79 Å². The Balaban J connectivity index is 2.40. The summed E-state index contributed by atoms with van der Waals surface area (Å²) in [6.45, 7) is 3.88. The molecule has 1 rings (SSSR count). The smallest absolute Gasteiger partial charge is 0.240 e. The number of rotatable bonds is 5. The van der Waals surface area contributed by atoms with Crippen LogP contribution in [0.1, 0.15) is 46.0 Å². The standard InChI is InChI=1S/C12H24N2OS/c1-4-7-12(2,13)11(15)14-9-5-6-10(8-9)16-3/h9-10H,4-8,13H2,1-3H3,(H,14,15). The molecule has 1 amide bonds. The van der Waals surface area contributed by atoms with Crippen LogP contribution in [0.25, 0.3) is 0 Å². The van der Waals surface area contributed by atoms with Crippen LogP contribution >= 0.6 is 11.8 Å². The third-order valence-corrected chi connectivity index (χ3v) is 4.44. The summed E-state index contributed by atoms with van der Waals surface area (Å²) in [7, 11) is 0. The van der Waals surface area contributed by atoms with Crippen LogP contribution in [0.2, 0.25) is 0 Å². The predicted molar refractivity (Wildman–Crippen MR) is 70.6 cm³/mol. The number of nitrogens with two attached hydrogens (primary N) is 1. The first-order valence-electron chi connectivity index (χ1n) is 6.12. The number of thioether (sulfide) groups is 1. The van der Waals surface area contributed by atoms with Gasteiger partial charge in [0, 0.05) is 11.3 Å². The minimum atomic E-state index is -0.702. The molecular weight excluding hydrogens is 220 g/mol. The number of carbonyl (C=O) groups is 1. The van der Waals surface area contributed by atoms with Crippen molar-refractivity contribution in [2.45, 2.75) is 62.8 Å². The molecule has 1 aliphatic carbocycles. The molecule has 0 bridgehead atoms. The van der Waals surface area contributed by atoms with Crippen molar-refractivity contribution >= 4 is 17.7 Å². The summed E-state index contributed by atoms with van der Waals surface area (Å²) in [6, 6.07) is 0.338. The summed E-state index contributed by atoms with van der Waals surface area (Å²) in [6.07, 6.45) is 7.23. The van der Waals surface area contributed by atoms with Gasteiger partial charge in [0.2, 0.25) is 5.91 Å². The molecule has 94 valence electrons. The van der Waals surface area contributed by atoms with Gasteiger partial charge >= 0.3 is 0 Å². The fraction of sp³-hybridized carbons (Fsp3) is 0.917. The highest BCUT2D eigenvalue weighted by Crippen LogP contribution is 2.28. The van der Waals surface area contributed by atoms with Crippen molar-refractivity contribution in [1.82, 2.24) is 5.32 Å². The first-order valence-corrected chi connectivity index (χ1v) is 7.41. The molecule has 0 spiro atoms. The quantitative estimate of drug-likeness (QED) is 0.776. The second-order valence-electron chi connectivity index (χ2n) is 5.01. The fourth-order valence-corrected chi connectivity index (χ4v) is 3.06. The van der Waals surface area contributed by atoms with E-state index in [1.807, 2.05) is 18.7 Å². The highest BCUT2D eigenvalue weighted by Gasteiger charge is 2.31. The predicted octanol–water partition coefficient (Wildman–Crippen LogP) is 1.90. The molecule has 0 radical (unpaired) electrons. The van der Waals surface area contributed by atoms with Crippen LogP contribution in [0.3, 0.4) is 0 Å². The molecule has 1 saturated carbocycles. The monoisotopic (exact) mass is 244 g/mol. The van der Waals surface area contributed by atoms with E-state index in [0.717, 1.165) is 25.7 Å². The Morgan fingerprint density at radius 1 is 1.56 bits per heavy atom. The van der Waals surface area contributed by atoms with E-state index < -0.39 is 5.54 Å². The zero-order valence-corrected chi connectivity index (χ0v) is 11.4. The largest absolute Gasteiger partial charge is 0.352 e. The van der Waals surface area contributed by atoms with Crippen LogP contribution in [-0.4, -0.2) is 29.0 Å². The topological polar surface area (TPSA) is 55.1 Å². The Kier molecular flexibility index (Phi) is 5.12. The van der Waals surface area contributed by atoms with E-state index in [1.165, 1.54) is 6.42 Å². The maximum Gasteiger partial charge on any atom is 0.240 e. The summed E-state index contributed by atoms with van der Waals surface area (Å²) in [5.74, 6) is 0.0149. The van der Waals surface area contributed by atoms with E-state index in [1.54, 1.807) is 0 Å². The second-order valence-corrected chi connectivity index (χ2v) is 6.15. The first-order chi connectivity index (χ1) is 7.49. The summed E-state index contributed by atoms with van der Waals surface area (Å²) in [4.78, 5) is 12.0. The number of amides is 1. The van der Waals surface area contributed by atoms with Crippen molar-refractivity contribution in [3.8, 4) is 0 Å². The number of carbonyl (C=O) groups excluding carboxylic acids is 1. The Morgan fingerprint density at radius 3 is 2.75 bits per heavy atom. The molecule has 1 aliphatic rings. The average Bonchev–Trinajstić information content (AvgIpc) is 2.65. The van der Waals surface area contributed by atoms with E-state index >= 15 is 0 Å². The maximum atomic E-state index is 12.0. The lowest BCUT2D eigenvalue weighted by atomic mass is 9.96. The van der Waals surface area contributed by atoms with E-state index in [2.05, 4.69) is 18.5 Å². The van der Waals surface area contributed by atoms with Crippen molar-refractivity contribution in [2.75, 3.05) is 6.26 Å². The highest BCUT2D eigenvalue weighted by molar-refractivity contribution is 7.99. The van der Waals surface area contributed by atoms with Crippen molar-refractivity contribution in [2.24, 2.45) is 5.73 Å². The minimum Gasteiger partial charge on any atom is -0.352 e. The lowest BCUT2D eigenvalue weighted by molar-refractivity contribution is -0.126. The zero-order chi connectivity index (χ0) is 12.2. The summed E-state index contributed by atoms with van der Waals surface area (Å²) in [5.41, 5.74) is 5.30. The van der Waals surface area contributed by atoms with Crippen molar-refractivity contribution in [3.05, 3.63) is 0 Å². The van der Waals surface area contributed by atoms with E-state index in [4.69, 9.17) is 5.73 Å². The third kappa shape index (κ3) is 3.67. The molecule has 0 aromatic heterocycles. The third-order valence-electron chi connectivity index (χ3n) is 3.34. The van der Waals surface area contributed by atoms with Crippen LogP contribution in [0.4, 0.5) is 0 Å². The molecule has 4 heteroatoms. The Morgan fingerprint density at radius 2 is 2.25 bits per heavy atom. The van der Waals surface area contributed by atoms with Gasteiger partial charge in [-0.1, -0.05) is 13.3 Å². The van der Waals surface area contributed by atoms with Crippen molar-refractivity contribution in [1.29, 1.82) is 0 Å². The van der Waals surface area contributed by atoms with Gasteiger partial charge in [0.15, 0.2) is 0 Å². The molecule has 1 fully saturated rings. The van der Waals surface area contributed by atoms with Crippen molar-refractivity contribution < 1.29 is 4.79 Å². The van der Waals surface area contributed by atoms with Crippen LogP contribution in [0.5, 0.6) is 0 Å². The molecule has 0 saturated heterocycles. The molecule has 0 aromatic rings. The van der Waals surface area contributed by atoms with E-state index in [9.17, 15) is 4.79 Å². The van der Waals surface area contributed by atoms with Gasteiger partial charge in [-0.15, -0.1) is 0 Å². The molecule has 3 unspecified atom stereocenters. The summed E-state index contributed by atoms with van der Waals surface area (Å²) < 4.78 is 0. The molecule has 3 nitrogen and oxygen atoms in total. The van der Waals surface area contributed by atoms with Gasteiger partial charge in [0.25, 0.3) is 0 Å². The Bertz CT molecular complexity index is 243. The molecule has 0 aliphatic heterocycles. The summed E-state index contributed by atoms with van der Waals surface area (Å²) in [5, 5.41) is 3.80. The lowest BCUT2D eigenvalue weighted by Crippen LogP contribution is -2.53. The highest BCUT2D eigenvalue weighted by atomic mass is 32.2. The molecule has 3 atom stereocenters. The Labute approximate surface area is 103 Å². The van der Waals surface area contributed by atoms with Crippen LogP contribution < -0.4 is 11.1 Å². The van der Waals surface area contributed by atoms with Crippen LogP contribution in [0, 0.1) is 0 Å². The maximum absolute atomic E-state index is 12.0. The lowest BCUT2D eigenvalue weighted by Gasteiger charge is -2.25. The molecule has 3 N–H and O–H groups in total. The fourth-order valence-electron chi connectivity index (χ4n) is 2.27. The van der Waals surface area contributed by atoms with Gasteiger partial charge < -0.3 is 11.1 Å². The number of nitrogens with one attached hydrogen (secondary N) is 1. The Hall–Kier alpha value is -0.220. The van der Waals surface area contributed by atoms with Crippen molar-refractivity contribution in [3.63, 3.8) is 0 Å². The van der Waals surface area contributed by atoms with Gasteiger partial charge in [-0.2, -0.15) is 11.8 Å². The normalized spacial score (nSPS) is 28.8. The van der Waals surface area contributed by atoms with Crippen LogP contribution in [0.15, 0.2) is 0 Å². The molecule has 16 heavy (non-hydrogen) atoms. The van der Waals surface area contributed by atoms with Gasteiger partial charge in [-0.05, 0) is 38.9 Å². The van der Waals surface area contributed by atoms with Gasteiger partial charge in [0.1, 0.15) is 0 Å². The van der Waals surface area contributed by atoms with Gasteiger partial charge in [0.05, 0.1) is 5.54 Å². The van der Waals surface area contributed by atoms with Crippen LogP contribution in [-0.2, 0) is 4.79 Å². The van der Waals surface area contributed by atoms with Gasteiger partial charge in [-0.25, -0.2) is 0 Å². The second kappa shape index (κ2) is 5.92. The number of hydrogen-bond donors (Lipinski definition) is 2. The average molecular weight is 244 g/mol. The van der Waals surface area contributed by atoms with E-state index in [-0.39, 0.29) is 5.91 Å². The summed E-state index contributed by atoms with van der Waals surface area (Å²) >= 11 is 1.90. The molecule has 0 aromatic carbocycles. The zero-order valence-electron chi connectivity index (χ0n) is 10.6.